The van der Waals surface area contributed by atoms with Crippen molar-refractivity contribution in [2.24, 2.45) is 0 Å². The molecule has 0 aliphatic rings. The van der Waals surface area contributed by atoms with Crippen LogP contribution in [0.3, 0.4) is 0 Å². The number of carbonyl (C=O) groups is 1. The minimum Gasteiger partial charge on any atom is -0.463 e. The van der Waals surface area contributed by atoms with E-state index < -0.39 is 29.9 Å². The number of aryl methyl sites for hydroxylation is 1. The summed E-state index contributed by atoms with van der Waals surface area (Å²) >= 11 is 0. The Morgan fingerprint density at radius 1 is 1.42 bits per heavy atom. The molecule has 1 aromatic rings. The van der Waals surface area contributed by atoms with E-state index in [2.05, 4.69) is 5.32 Å². The standard InChI is InChI=1S/C12H16F3NO3/c1-7(2)16-10(17)6-11(18,12(13,14)15)9-5-4-8(3)19-9/h4-5,7,18H,6H2,1-3H3,(H,16,17). The van der Waals surface area contributed by atoms with E-state index in [4.69, 9.17) is 4.42 Å². The van der Waals surface area contributed by atoms with Crippen molar-refractivity contribution < 1.29 is 27.5 Å². The zero-order valence-electron chi connectivity index (χ0n) is 10.8. The summed E-state index contributed by atoms with van der Waals surface area (Å²) in [4.78, 5) is 11.5. The van der Waals surface area contributed by atoms with Gasteiger partial charge in [0.25, 0.3) is 0 Å². The summed E-state index contributed by atoms with van der Waals surface area (Å²) in [7, 11) is 0. The summed E-state index contributed by atoms with van der Waals surface area (Å²) in [6.45, 7) is 4.68. The monoisotopic (exact) mass is 279 g/mol. The van der Waals surface area contributed by atoms with Crippen molar-refractivity contribution in [3.8, 4) is 0 Å². The van der Waals surface area contributed by atoms with Crippen LogP contribution in [-0.4, -0.2) is 23.2 Å². The molecular weight excluding hydrogens is 263 g/mol. The molecule has 0 aliphatic heterocycles. The molecule has 0 saturated carbocycles. The van der Waals surface area contributed by atoms with Crippen LogP contribution in [0.2, 0.25) is 0 Å². The van der Waals surface area contributed by atoms with E-state index in [1.54, 1.807) is 13.8 Å². The second-order valence-corrected chi connectivity index (χ2v) is 4.67. The number of amides is 1. The molecular formula is C12H16F3NO3. The highest BCUT2D eigenvalue weighted by molar-refractivity contribution is 5.77. The summed E-state index contributed by atoms with van der Waals surface area (Å²) in [5.41, 5.74) is -3.32. The van der Waals surface area contributed by atoms with Gasteiger partial charge in [0, 0.05) is 6.04 Å². The molecule has 0 spiro atoms. The number of aliphatic hydroxyl groups is 1. The molecule has 1 atom stereocenters. The van der Waals surface area contributed by atoms with E-state index >= 15 is 0 Å². The van der Waals surface area contributed by atoms with E-state index in [0.29, 0.717) is 0 Å². The first-order chi connectivity index (χ1) is 8.56. The summed E-state index contributed by atoms with van der Waals surface area (Å²) in [6, 6.07) is 2.00. The maximum atomic E-state index is 13.0. The Labute approximate surface area is 108 Å². The Kier molecular flexibility index (Phi) is 4.29. The zero-order chi connectivity index (χ0) is 14.8. The molecule has 0 aliphatic carbocycles. The number of rotatable bonds is 4. The maximum absolute atomic E-state index is 13.0. The Bertz CT molecular complexity index is 453. The molecule has 108 valence electrons. The van der Waals surface area contributed by atoms with Crippen LogP contribution < -0.4 is 5.32 Å². The van der Waals surface area contributed by atoms with Gasteiger partial charge in [-0.05, 0) is 32.9 Å². The topological polar surface area (TPSA) is 62.5 Å². The molecule has 1 heterocycles. The van der Waals surface area contributed by atoms with Crippen LogP contribution in [-0.2, 0) is 10.4 Å². The number of alkyl halides is 3. The van der Waals surface area contributed by atoms with Crippen LogP contribution in [0.5, 0.6) is 0 Å². The van der Waals surface area contributed by atoms with Gasteiger partial charge in [0.15, 0.2) is 0 Å². The summed E-state index contributed by atoms with van der Waals surface area (Å²) < 4.78 is 43.9. The van der Waals surface area contributed by atoms with Crippen molar-refractivity contribution >= 4 is 5.91 Å². The Balaban J connectivity index is 3.05. The fourth-order valence-corrected chi connectivity index (χ4v) is 1.59. The first kappa shape index (κ1) is 15.6. The van der Waals surface area contributed by atoms with E-state index in [1.807, 2.05) is 0 Å². The fourth-order valence-electron chi connectivity index (χ4n) is 1.59. The number of halogens is 3. The average molecular weight is 279 g/mol. The van der Waals surface area contributed by atoms with E-state index in [0.717, 1.165) is 6.07 Å². The minimum absolute atomic E-state index is 0.224. The summed E-state index contributed by atoms with van der Waals surface area (Å²) in [5.74, 6) is -1.36. The molecule has 1 aromatic heterocycles. The van der Waals surface area contributed by atoms with Gasteiger partial charge in [0.2, 0.25) is 11.5 Å². The largest absolute Gasteiger partial charge is 0.463 e. The first-order valence-electron chi connectivity index (χ1n) is 5.71. The van der Waals surface area contributed by atoms with Crippen LogP contribution in [0.15, 0.2) is 16.5 Å². The molecule has 0 saturated heterocycles. The number of hydrogen-bond acceptors (Lipinski definition) is 3. The number of hydrogen-bond donors (Lipinski definition) is 2. The normalized spacial score (nSPS) is 15.4. The molecule has 4 nitrogen and oxygen atoms in total. The number of furan rings is 1. The summed E-state index contributed by atoms with van der Waals surface area (Å²) in [5, 5.41) is 12.1. The van der Waals surface area contributed by atoms with Gasteiger partial charge in [-0.3, -0.25) is 4.79 Å². The van der Waals surface area contributed by atoms with Crippen molar-refractivity contribution in [3.63, 3.8) is 0 Å². The molecule has 2 N–H and O–H groups in total. The van der Waals surface area contributed by atoms with Gasteiger partial charge < -0.3 is 14.8 Å². The molecule has 0 fully saturated rings. The van der Waals surface area contributed by atoms with E-state index in [9.17, 15) is 23.1 Å². The lowest BCUT2D eigenvalue weighted by Crippen LogP contribution is -2.46. The average Bonchev–Trinajstić information content (AvgIpc) is 2.61. The SMILES string of the molecule is Cc1ccc(C(O)(CC(=O)NC(C)C)C(F)(F)F)o1. The van der Waals surface area contributed by atoms with E-state index in [1.165, 1.54) is 13.0 Å². The van der Waals surface area contributed by atoms with Crippen LogP contribution in [0.25, 0.3) is 0 Å². The quantitative estimate of drug-likeness (QED) is 0.888. The maximum Gasteiger partial charge on any atom is 0.425 e. The van der Waals surface area contributed by atoms with Crippen molar-refractivity contribution in [3.05, 3.63) is 23.7 Å². The summed E-state index contributed by atoms with van der Waals surface area (Å²) in [6.07, 6.45) is -6.15. The third kappa shape index (κ3) is 3.50. The van der Waals surface area contributed by atoms with Gasteiger partial charge in [-0.2, -0.15) is 13.2 Å². The van der Waals surface area contributed by atoms with Gasteiger partial charge in [0.1, 0.15) is 11.5 Å². The second kappa shape index (κ2) is 5.24. The van der Waals surface area contributed by atoms with Crippen LogP contribution in [0.4, 0.5) is 13.2 Å². The van der Waals surface area contributed by atoms with Crippen molar-refractivity contribution in [1.29, 1.82) is 0 Å². The molecule has 7 heteroatoms. The van der Waals surface area contributed by atoms with Gasteiger partial charge >= 0.3 is 6.18 Å². The molecule has 1 rings (SSSR count). The highest BCUT2D eigenvalue weighted by Crippen LogP contribution is 2.42. The van der Waals surface area contributed by atoms with Gasteiger partial charge in [-0.25, -0.2) is 0 Å². The molecule has 0 bridgehead atoms. The zero-order valence-corrected chi connectivity index (χ0v) is 10.8. The van der Waals surface area contributed by atoms with Gasteiger partial charge in [-0.15, -0.1) is 0 Å². The van der Waals surface area contributed by atoms with Crippen molar-refractivity contribution in [2.45, 2.75) is 45.0 Å². The van der Waals surface area contributed by atoms with Crippen molar-refractivity contribution in [1.82, 2.24) is 5.32 Å². The molecule has 0 radical (unpaired) electrons. The highest BCUT2D eigenvalue weighted by atomic mass is 19.4. The predicted octanol–water partition coefficient (Wildman–Crippen LogP) is 2.25. The van der Waals surface area contributed by atoms with Crippen molar-refractivity contribution in [2.75, 3.05) is 0 Å². The second-order valence-electron chi connectivity index (χ2n) is 4.67. The van der Waals surface area contributed by atoms with Gasteiger partial charge in [0.05, 0.1) is 6.42 Å². The minimum atomic E-state index is -5.01. The Morgan fingerprint density at radius 3 is 2.37 bits per heavy atom. The number of nitrogens with one attached hydrogen (secondary N) is 1. The lowest BCUT2D eigenvalue weighted by Gasteiger charge is -2.28. The molecule has 19 heavy (non-hydrogen) atoms. The fraction of sp³-hybridized carbons (Fsp3) is 0.583. The predicted molar refractivity (Wildman–Crippen MR) is 61.3 cm³/mol. The van der Waals surface area contributed by atoms with Gasteiger partial charge in [-0.1, -0.05) is 0 Å². The molecule has 0 aromatic carbocycles. The molecule has 1 amide bonds. The Morgan fingerprint density at radius 2 is 2.00 bits per heavy atom. The van der Waals surface area contributed by atoms with Crippen LogP contribution in [0.1, 0.15) is 31.8 Å². The smallest absolute Gasteiger partial charge is 0.425 e. The lowest BCUT2D eigenvalue weighted by atomic mass is 9.95. The highest BCUT2D eigenvalue weighted by Gasteiger charge is 2.58. The third-order valence-corrected chi connectivity index (χ3v) is 2.48. The first-order valence-corrected chi connectivity index (χ1v) is 5.71. The van der Waals surface area contributed by atoms with Crippen LogP contribution in [0, 0.1) is 6.92 Å². The van der Waals surface area contributed by atoms with Crippen LogP contribution >= 0.6 is 0 Å². The van der Waals surface area contributed by atoms with E-state index in [-0.39, 0.29) is 11.8 Å². The molecule has 1 unspecified atom stereocenters. The number of carbonyl (C=O) groups excluding carboxylic acids is 1. The Hall–Kier alpha value is -1.50. The third-order valence-electron chi connectivity index (χ3n) is 2.48. The lowest BCUT2D eigenvalue weighted by molar-refractivity contribution is -0.273.